The number of aryl methyl sites for hydroxylation is 3. The highest BCUT2D eigenvalue weighted by Crippen LogP contribution is 2.38. The van der Waals surface area contributed by atoms with Crippen LogP contribution in [0.5, 0.6) is 5.75 Å². The maximum absolute atomic E-state index is 15.2. The van der Waals surface area contributed by atoms with Crippen molar-refractivity contribution in [3.8, 4) is 16.9 Å². The van der Waals surface area contributed by atoms with Gasteiger partial charge in [0.15, 0.2) is 5.83 Å². The van der Waals surface area contributed by atoms with Gasteiger partial charge in [0.2, 0.25) is 0 Å². The Morgan fingerprint density at radius 1 is 1.24 bits per heavy atom. The fraction of sp³-hybridized carbons (Fsp3) is 0.250. The molecule has 10 heteroatoms. The Kier molecular flexibility index (Phi) is 5.82. The highest BCUT2D eigenvalue weighted by molar-refractivity contribution is 6.06. The summed E-state index contributed by atoms with van der Waals surface area (Å²) in [7, 11) is 6.44. The molecule has 0 unspecified atom stereocenters. The first-order chi connectivity index (χ1) is 16.2. The molecular weight excluding hydrogens is 439 g/mol. The Morgan fingerprint density at radius 2 is 1.97 bits per heavy atom. The second kappa shape index (κ2) is 8.62. The zero-order valence-corrected chi connectivity index (χ0v) is 19.9. The molecule has 34 heavy (non-hydrogen) atoms. The number of halogens is 1. The van der Waals surface area contributed by atoms with Crippen molar-refractivity contribution in [3.63, 3.8) is 0 Å². The summed E-state index contributed by atoms with van der Waals surface area (Å²) in [5.41, 5.74) is 3.51. The number of hydrogen-bond donors (Lipinski definition) is 0. The average Bonchev–Trinajstić information content (AvgIpc) is 3.28. The van der Waals surface area contributed by atoms with Crippen LogP contribution in [0.1, 0.15) is 12.6 Å². The van der Waals surface area contributed by atoms with E-state index in [2.05, 4.69) is 21.8 Å². The van der Waals surface area contributed by atoms with E-state index >= 15 is 4.39 Å². The average molecular weight is 465 g/mol. The van der Waals surface area contributed by atoms with Crippen molar-refractivity contribution in [2.75, 3.05) is 14.2 Å². The standard InChI is InChI=1S/C24H25FN6O3/c1-13-17(12-29(4)28-13)15-8-16-19(9-21(15)34-7)27-11-20-23(16)31(24(32)30(20)5)22(14(2)33-6)18(25)10-26-3/h8-12H,3H2,1-2,4-7H3/b18-10+,22-14-. The van der Waals surface area contributed by atoms with Crippen LogP contribution in [0, 0.1) is 6.92 Å². The molecule has 0 atom stereocenters. The first-order valence-corrected chi connectivity index (χ1v) is 10.4. The van der Waals surface area contributed by atoms with E-state index in [1.165, 1.54) is 16.2 Å². The normalized spacial score (nSPS) is 12.9. The van der Waals surface area contributed by atoms with E-state index in [4.69, 9.17) is 9.47 Å². The van der Waals surface area contributed by atoms with Gasteiger partial charge in [-0.15, -0.1) is 0 Å². The summed E-state index contributed by atoms with van der Waals surface area (Å²) in [5.74, 6) is 0.0469. The number of hydrogen-bond acceptors (Lipinski definition) is 6. The van der Waals surface area contributed by atoms with Crippen LogP contribution >= 0.6 is 0 Å². The smallest absolute Gasteiger partial charge is 0.333 e. The molecule has 0 saturated heterocycles. The number of aliphatic imine (C=N–C) groups is 1. The van der Waals surface area contributed by atoms with Gasteiger partial charge in [0.1, 0.15) is 17.2 Å². The minimum Gasteiger partial charge on any atom is -0.499 e. The number of methoxy groups -OCH3 is 2. The Hall–Kier alpha value is -4.21. The zero-order chi connectivity index (χ0) is 24.7. The molecule has 4 rings (SSSR count). The van der Waals surface area contributed by atoms with Gasteiger partial charge in [0, 0.05) is 42.9 Å². The Labute approximate surface area is 195 Å². The predicted molar refractivity (Wildman–Crippen MR) is 131 cm³/mol. The highest BCUT2D eigenvalue weighted by atomic mass is 19.1. The second-order valence-electron chi connectivity index (χ2n) is 7.81. The molecular formula is C24H25FN6O3. The van der Waals surface area contributed by atoms with Crippen molar-refractivity contribution in [1.82, 2.24) is 23.9 Å². The van der Waals surface area contributed by atoms with E-state index in [-0.39, 0.29) is 11.5 Å². The molecule has 1 aromatic carbocycles. The number of ether oxygens (including phenoxy) is 2. The molecule has 0 aliphatic rings. The molecule has 3 heterocycles. The van der Waals surface area contributed by atoms with Gasteiger partial charge in [-0.1, -0.05) is 0 Å². The van der Waals surface area contributed by atoms with Crippen LogP contribution in [-0.4, -0.2) is 44.8 Å². The third-order valence-corrected chi connectivity index (χ3v) is 5.80. The van der Waals surface area contributed by atoms with Crippen molar-refractivity contribution in [2.45, 2.75) is 13.8 Å². The molecule has 0 spiro atoms. The van der Waals surface area contributed by atoms with Gasteiger partial charge in [0.05, 0.1) is 48.9 Å². The summed E-state index contributed by atoms with van der Waals surface area (Å²) in [6.45, 7) is 6.80. The minimum absolute atomic E-state index is 0.0621. The molecule has 0 bridgehead atoms. The number of fused-ring (bicyclic) bond motifs is 3. The van der Waals surface area contributed by atoms with Gasteiger partial charge in [0.25, 0.3) is 0 Å². The van der Waals surface area contributed by atoms with E-state index in [0.29, 0.717) is 27.7 Å². The number of rotatable bonds is 6. The minimum atomic E-state index is -0.759. The Morgan fingerprint density at radius 3 is 2.56 bits per heavy atom. The monoisotopic (exact) mass is 464 g/mol. The quantitative estimate of drug-likeness (QED) is 0.245. The van der Waals surface area contributed by atoms with Crippen LogP contribution in [-0.2, 0) is 18.8 Å². The van der Waals surface area contributed by atoms with Crippen LogP contribution in [0.3, 0.4) is 0 Å². The first kappa shape index (κ1) is 23.0. The number of imidazole rings is 1. The van der Waals surface area contributed by atoms with Crippen LogP contribution in [0.4, 0.5) is 4.39 Å². The number of pyridine rings is 1. The van der Waals surface area contributed by atoms with Crippen molar-refractivity contribution >= 4 is 34.4 Å². The molecule has 0 radical (unpaired) electrons. The van der Waals surface area contributed by atoms with Crippen LogP contribution in [0.25, 0.3) is 38.8 Å². The second-order valence-corrected chi connectivity index (χ2v) is 7.81. The number of aromatic nitrogens is 5. The van der Waals surface area contributed by atoms with Crippen LogP contribution in [0.2, 0.25) is 0 Å². The van der Waals surface area contributed by atoms with Crippen molar-refractivity contribution < 1.29 is 13.9 Å². The molecule has 0 saturated carbocycles. The summed E-state index contributed by atoms with van der Waals surface area (Å²) < 4.78 is 30.6. The lowest BCUT2D eigenvalue weighted by Crippen LogP contribution is -2.23. The fourth-order valence-corrected chi connectivity index (χ4v) is 4.15. The highest BCUT2D eigenvalue weighted by Gasteiger charge is 2.24. The SMILES string of the molecule is C=N/C=C(F)\C(=C(/C)OC)n1c(=O)n(C)c2cnc3cc(OC)c(-c4cn(C)nc4C)cc3c21. The van der Waals surface area contributed by atoms with Gasteiger partial charge in [-0.2, -0.15) is 5.10 Å². The molecule has 0 amide bonds. The summed E-state index contributed by atoms with van der Waals surface area (Å²) >= 11 is 0. The Balaban J connectivity index is 2.21. The zero-order valence-electron chi connectivity index (χ0n) is 19.9. The summed E-state index contributed by atoms with van der Waals surface area (Å²) in [4.78, 5) is 21.4. The van der Waals surface area contributed by atoms with Gasteiger partial charge >= 0.3 is 5.69 Å². The number of allylic oxidation sites excluding steroid dienone is 3. The summed E-state index contributed by atoms with van der Waals surface area (Å²) in [6.07, 6.45) is 4.42. The molecule has 0 N–H and O–H groups in total. The van der Waals surface area contributed by atoms with Crippen molar-refractivity contribution in [3.05, 3.63) is 58.5 Å². The molecule has 9 nitrogen and oxygen atoms in total. The maximum atomic E-state index is 15.2. The van der Waals surface area contributed by atoms with Gasteiger partial charge in [-0.3, -0.25) is 23.8 Å². The van der Waals surface area contributed by atoms with E-state index in [1.54, 1.807) is 38.0 Å². The number of benzene rings is 1. The van der Waals surface area contributed by atoms with E-state index in [1.807, 2.05) is 26.2 Å². The van der Waals surface area contributed by atoms with Gasteiger partial charge in [-0.05, 0) is 26.6 Å². The molecule has 176 valence electrons. The third-order valence-electron chi connectivity index (χ3n) is 5.80. The molecule has 0 aliphatic heterocycles. The fourth-order valence-electron chi connectivity index (χ4n) is 4.15. The van der Waals surface area contributed by atoms with Crippen LogP contribution < -0.4 is 10.4 Å². The third kappa shape index (κ3) is 3.47. The van der Waals surface area contributed by atoms with Crippen molar-refractivity contribution in [1.29, 1.82) is 0 Å². The lowest BCUT2D eigenvalue weighted by atomic mass is 10.0. The molecule has 0 aliphatic carbocycles. The first-order valence-electron chi connectivity index (χ1n) is 10.4. The molecule has 4 aromatic rings. The lowest BCUT2D eigenvalue weighted by Gasteiger charge is -2.14. The summed E-state index contributed by atoms with van der Waals surface area (Å²) in [6, 6.07) is 3.68. The van der Waals surface area contributed by atoms with E-state index < -0.39 is 11.5 Å². The van der Waals surface area contributed by atoms with Crippen molar-refractivity contribution in [2.24, 2.45) is 19.1 Å². The molecule has 0 fully saturated rings. The van der Waals surface area contributed by atoms with Gasteiger partial charge in [-0.25, -0.2) is 9.18 Å². The predicted octanol–water partition coefficient (Wildman–Crippen LogP) is 3.95. The number of nitrogens with zero attached hydrogens (tertiary/aromatic N) is 6. The largest absolute Gasteiger partial charge is 0.499 e. The Bertz CT molecular complexity index is 1570. The maximum Gasteiger partial charge on any atom is 0.333 e. The topological polar surface area (TPSA) is 88.5 Å². The van der Waals surface area contributed by atoms with E-state index in [0.717, 1.165) is 23.0 Å². The van der Waals surface area contributed by atoms with Gasteiger partial charge < -0.3 is 9.47 Å². The summed E-state index contributed by atoms with van der Waals surface area (Å²) in [5, 5.41) is 5.07. The van der Waals surface area contributed by atoms with Crippen LogP contribution in [0.15, 0.2) is 52.1 Å². The molecule has 3 aromatic heterocycles. The lowest BCUT2D eigenvalue weighted by molar-refractivity contribution is 0.293. The van der Waals surface area contributed by atoms with E-state index in [9.17, 15) is 4.79 Å².